The van der Waals surface area contributed by atoms with Crippen LogP contribution in [0.15, 0.2) is 53.4 Å². The summed E-state index contributed by atoms with van der Waals surface area (Å²) in [6.07, 6.45) is 1.79. The van der Waals surface area contributed by atoms with Gasteiger partial charge in [-0.3, -0.25) is 4.79 Å². The topological polar surface area (TPSA) is 84.0 Å². The predicted molar refractivity (Wildman–Crippen MR) is 124 cm³/mol. The molecule has 0 aliphatic carbocycles. The third-order valence-corrected chi connectivity index (χ3v) is 8.22. The van der Waals surface area contributed by atoms with Crippen LogP contribution in [0, 0.1) is 11.8 Å². The number of nitrogens with zero attached hydrogens (tertiary/aromatic N) is 2. The van der Waals surface area contributed by atoms with Crippen LogP contribution in [0.3, 0.4) is 0 Å². The SMILES string of the molecule is C[C@H]1C[C@H](C)CN(S(=O)(=O)c2ccc(C(=O)OCC(=O)N3CCc4ccccc4C3)cc2)C1. The molecule has 2 aliphatic heterocycles. The fraction of sp³-hybridized carbons (Fsp3) is 0.440. The van der Waals surface area contributed by atoms with Crippen molar-refractivity contribution < 1.29 is 22.7 Å². The number of benzene rings is 2. The molecule has 4 rings (SSSR count). The molecule has 0 aromatic heterocycles. The normalized spacial score (nSPS) is 21.3. The Labute approximate surface area is 195 Å². The minimum atomic E-state index is -3.61. The average Bonchev–Trinajstić information content (AvgIpc) is 2.81. The molecule has 0 bridgehead atoms. The summed E-state index contributed by atoms with van der Waals surface area (Å²) in [6, 6.07) is 13.7. The van der Waals surface area contributed by atoms with E-state index in [1.54, 1.807) is 4.90 Å². The van der Waals surface area contributed by atoms with Gasteiger partial charge in [-0.05, 0) is 60.1 Å². The summed E-state index contributed by atoms with van der Waals surface area (Å²) in [4.78, 5) is 26.8. The Morgan fingerprint density at radius 3 is 2.27 bits per heavy atom. The van der Waals surface area contributed by atoms with Crippen LogP contribution in [-0.4, -0.2) is 55.7 Å². The van der Waals surface area contributed by atoms with E-state index in [1.807, 2.05) is 18.2 Å². The summed E-state index contributed by atoms with van der Waals surface area (Å²) >= 11 is 0. The predicted octanol–water partition coefficient (Wildman–Crippen LogP) is 3.09. The maximum Gasteiger partial charge on any atom is 0.338 e. The molecule has 8 heteroatoms. The fourth-order valence-corrected chi connectivity index (χ4v) is 6.40. The van der Waals surface area contributed by atoms with Crippen LogP contribution < -0.4 is 0 Å². The number of carbonyl (C=O) groups is 2. The number of fused-ring (bicyclic) bond motifs is 1. The van der Waals surface area contributed by atoms with E-state index in [-0.39, 0.29) is 23.0 Å². The fourth-order valence-electron chi connectivity index (χ4n) is 4.72. The lowest BCUT2D eigenvalue weighted by Crippen LogP contribution is -2.42. The van der Waals surface area contributed by atoms with Crippen LogP contribution in [-0.2, 0) is 32.5 Å². The van der Waals surface area contributed by atoms with Gasteiger partial charge in [0.05, 0.1) is 10.5 Å². The molecule has 0 spiro atoms. The van der Waals surface area contributed by atoms with Gasteiger partial charge in [-0.25, -0.2) is 13.2 Å². The Bertz CT molecular complexity index is 1120. The molecule has 1 fully saturated rings. The monoisotopic (exact) mass is 470 g/mol. The third kappa shape index (κ3) is 5.28. The molecule has 2 atom stereocenters. The Kier molecular flexibility index (Phi) is 6.86. The molecule has 2 aromatic carbocycles. The highest BCUT2D eigenvalue weighted by Crippen LogP contribution is 2.27. The largest absolute Gasteiger partial charge is 0.452 e. The Hall–Kier alpha value is -2.71. The molecule has 0 N–H and O–H groups in total. The van der Waals surface area contributed by atoms with Crippen LogP contribution in [0.1, 0.15) is 41.8 Å². The van der Waals surface area contributed by atoms with Gasteiger partial charge in [-0.2, -0.15) is 4.31 Å². The van der Waals surface area contributed by atoms with Gasteiger partial charge in [0.1, 0.15) is 0 Å². The van der Waals surface area contributed by atoms with Gasteiger partial charge in [-0.1, -0.05) is 38.1 Å². The molecule has 0 saturated carbocycles. The van der Waals surface area contributed by atoms with Gasteiger partial charge >= 0.3 is 5.97 Å². The highest BCUT2D eigenvalue weighted by molar-refractivity contribution is 7.89. The molecule has 0 radical (unpaired) electrons. The number of esters is 1. The lowest BCUT2D eigenvalue weighted by molar-refractivity contribution is -0.135. The van der Waals surface area contributed by atoms with E-state index in [1.165, 1.54) is 34.1 Å². The van der Waals surface area contributed by atoms with Crippen molar-refractivity contribution in [2.45, 2.75) is 38.1 Å². The van der Waals surface area contributed by atoms with Gasteiger partial charge in [0.2, 0.25) is 10.0 Å². The van der Waals surface area contributed by atoms with Crippen molar-refractivity contribution in [1.29, 1.82) is 0 Å². The van der Waals surface area contributed by atoms with Crippen LogP contribution in [0.4, 0.5) is 0 Å². The van der Waals surface area contributed by atoms with Crippen LogP contribution in [0.5, 0.6) is 0 Å². The van der Waals surface area contributed by atoms with Gasteiger partial charge < -0.3 is 9.64 Å². The minimum absolute atomic E-state index is 0.156. The van der Waals surface area contributed by atoms with E-state index >= 15 is 0 Å². The average molecular weight is 471 g/mol. The van der Waals surface area contributed by atoms with Crippen molar-refractivity contribution >= 4 is 21.9 Å². The zero-order chi connectivity index (χ0) is 23.6. The summed E-state index contributed by atoms with van der Waals surface area (Å²) < 4.78 is 32.7. The lowest BCUT2D eigenvalue weighted by atomic mass is 9.94. The highest BCUT2D eigenvalue weighted by atomic mass is 32.2. The van der Waals surface area contributed by atoms with Gasteiger partial charge in [0.15, 0.2) is 6.61 Å². The number of piperidine rings is 1. The number of ether oxygens (including phenoxy) is 1. The second-order valence-corrected chi connectivity index (χ2v) is 11.1. The third-order valence-electron chi connectivity index (χ3n) is 6.37. The number of hydrogen-bond acceptors (Lipinski definition) is 5. The maximum atomic E-state index is 13.0. The van der Waals surface area contributed by atoms with Crippen molar-refractivity contribution in [3.05, 3.63) is 65.2 Å². The Morgan fingerprint density at radius 2 is 1.61 bits per heavy atom. The van der Waals surface area contributed by atoms with Gasteiger partial charge in [0, 0.05) is 26.2 Å². The first-order valence-electron chi connectivity index (χ1n) is 11.4. The second kappa shape index (κ2) is 9.65. The van der Waals surface area contributed by atoms with E-state index in [0.29, 0.717) is 38.0 Å². The molecule has 176 valence electrons. The molecule has 2 aliphatic rings. The first-order valence-corrected chi connectivity index (χ1v) is 12.8. The zero-order valence-electron chi connectivity index (χ0n) is 19.1. The molecule has 1 saturated heterocycles. The first-order chi connectivity index (χ1) is 15.7. The summed E-state index contributed by atoms with van der Waals surface area (Å²) in [5.41, 5.74) is 2.56. The zero-order valence-corrected chi connectivity index (χ0v) is 19.9. The van der Waals surface area contributed by atoms with Crippen LogP contribution in [0.2, 0.25) is 0 Å². The molecule has 2 heterocycles. The molecule has 2 aromatic rings. The summed E-state index contributed by atoms with van der Waals surface area (Å²) in [5.74, 6) is -0.275. The van der Waals surface area contributed by atoms with Crippen molar-refractivity contribution in [2.75, 3.05) is 26.2 Å². The van der Waals surface area contributed by atoms with E-state index in [9.17, 15) is 18.0 Å². The molecule has 0 unspecified atom stereocenters. The molecule has 33 heavy (non-hydrogen) atoms. The highest BCUT2D eigenvalue weighted by Gasteiger charge is 2.31. The van der Waals surface area contributed by atoms with E-state index in [4.69, 9.17) is 4.74 Å². The van der Waals surface area contributed by atoms with E-state index in [2.05, 4.69) is 19.9 Å². The Morgan fingerprint density at radius 1 is 0.970 bits per heavy atom. The van der Waals surface area contributed by atoms with Crippen molar-refractivity contribution in [3.8, 4) is 0 Å². The molecule has 7 nitrogen and oxygen atoms in total. The molecule has 1 amide bonds. The van der Waals surface area contributed by atoms with Crippen molar-refractivity contribution in [2.24, 2.45) is 11.8 Å². The number of carbonyl (C=O) groups excluding carboxylic acids is 2. The molecular weight excluding hydrogens is 440 g/mol. The van der Waals surface area contributed by atoms with E-state index < -0.39 is 16.0 Å². The second-order valence-electron chi connectivity index (χ2n) is 9.20. The number of amides is 1. The lowest BCUT2D eigenvalue weighted by Gasteiger charge is -2.34. The van der Waals surface area contributed by atoms with Gasteiger partial charge in [0.25, 0.3) is 5.91 Å². The Balaban J connectivity index is 1.34. The smallest absolute Gasteiger partial charge is 0.338 e. The summed E-state index contributed by atoms with van der Waals surface area (Å²) in [5, 5.41) is 0. The van der Waals surface area contributed by atoms with Crippen molar-refractivity contribution in [1.82, 2.24) is 9.21 Å². The van der Waals surface area contributed by atoms with E-state index in [0.717, 1.165) is 18.4 Å². The number of sulfonamides is 1. The van der Waals surface area contributed by atoms with Gasteiger partial charge in [-0.15, -0.1) is 0 Å². The molecular formula is C25H30N2O5S. The number of rotatable bonds is 5. The minimum Gasteiger partial charge on any atom is -0.452 e. The summed E-state index contributed by atoms with van der Waals surface area (Å²) in [7, 11) is -3.61. The first kappa shape index (κ1) is 23.4. The van der Waals surface area contributed by atoms with Crippen LogP contribution in [0.25, 0.3) is 0 Å². The standard InChI is InChI=1S/C25H30N2O5S/c1-18-13-19(2)15-27(14-18)33(30,31)23-9-7-21(8-10-23)25(29)32-17-24(28)26-12-11-20-5-3-4-6-22(20)16-26/h3-10,18-19H,11-17H2,1-2H3/t18-,19-/m0/s1. The van der Waals surface area contributed by atoms with Crippen molar-refractivity contribution in [3.63, 3.8) is 0 Å². The quantitative estimate of drug-likeness (QED) is 0.627. The summed E-state index contributed by atoms with van der Waals surface area (Å²) in [6.45, 7) is 5.87. The maximum absolute atomic E-state index is 13.0. The number of hydrogen-bond donors (Lipinski definition) is 0. The van der Waals surface area contributed by atoms with Crippen LogP contribution >= 0.6 is 0 Å².